The first kappa shape index (κ1) is 16.6. The molecule has 6 nitrogen and oxygen atoms in total. The summed E-state index contributed by atoms with van der Waals surface area (Å²) in [6.07, 6.45) is -4.00. The van der Waals surface area contributed by atoms with Crippen molar-refractivity contribution in [2.24, 2.45) is 5.10 Å². The van der Waals surface area contributed by atoms with Gasteiger partial charge in [0.05, 0.1) is 27.5 Å². The fourth-order valence-corrected chi connectivity index (χ4v) is 1.45. The highest BCUT2D eigenvalue weighted by Crippen LogP contribution is 2.38. The maximum Gasteiger partial charge on any atom is 0.473 e. The highest BCUT2D eigenvalue weighted by atomic mass is 19.4. The number of methoxy groups -OCH3 is 3. The van der Waals surface area contributed by atoms with Crippen molar-refractivity contribution in [2.75, 3.05) is 21.3 Å². The Balaban J connectivity index is 3.01. The summed E-state index contributed by atoms with van der Waals surface area (Å²) < 4.78 is 51.2. The molecule has 1 rings (SSSR count). The van der Waals surface area contributed by atoms with Crippen LogP contribution in [0.4, 0.5) is 13.2 Å². The molecule has 21 heavy (non-hydrogen) atoms. The van der Waals surface area contributed by atoms with Gasteiger partial charge in [0.15, 0.2) is 11.5 Å². The van der Waals surface area contributed by atoms with Gasteiger partial charge in [0.25, 0.3) is 0 Å². The second-order valence-electron chi connectivity index (χ2n) is 3.62. The lowest BCUT2D eigenvalue weighted by Gasteiger charge is -2.13. The molecule has 9 heteroatoms. The molecule has 0 radical (unpaired) electrons. The first-order valence-corrected chi connectivity index (χ1v) is 5.54. The Bertz CT molecular complexity index is 544. The molecule has 0 bridgehead atoms. The second-order valence-corrected chi connectivity index (χ2v) is 3.62. The quantitative estimate of drug-likeness (QED) is 0.664. The fraction of sp³-hybridized carbons (Fsp3) is 0.333. The Morgan fingerprint density at radius 2 is 1.76 bits per heavy atom. The minimum Gasteiger partial charge on any atom is -0.493 e. The van der Waals surface area contributed by atoms with E-state index in [9.17, 15) is 18.0 Å². The normalized spacial score (nSPS) is 11.3. The van der Waals surface area contributed by atoms with Crippen molar-refractivity contribution in [3.8, 4) is 17.2 Å². The third-order valence-corrected chi connectivity index (χ3v) is 2.36. The van der Waals surface area contributed by atoms with Crippen LogP contribution in [0, 0.1) is 0 Å². The molecule has 0 aliphatic heterocycles. The number of ether oxygens (including phenoxy) is 3. The molecule has 0 saturated carbocycles. The van der Waals surface area contributed by atoms with Crippen LogP contribution < -0.4 is 19.6 Å². The standard InChI is InChI=1S/C12H13F3N2O4/c1-19-8-5-4-7(9(20-2)10(8)21-3)6-16-17-11(18)12(13,14)15/h4-6H,1-3H3,(H,17,18)/b16-6+. The summed E-state index contributed by atoms with van der Waals surface area (Å²) in [6.45, 7) is 0. The highest BCUT2D eigenvalue weighted by Gasteiger charge is 2.38. The maximum absolute atomic E-state index is 12.0. The summed E-state index contributed by atoms with van der Waals surface area (Å²) in [7, 11) is 4.16. The molecule has 0 unspecified atom stereocenters. The number of amides is 1. The van der Waals surface area contributed by atoms with Crippen LogP contribution in [0.3, 0.4) is 0 Å². The molecule has 0 aromatic heterocycles. The van der Waals surface area contributed by atoms with Crippen LogP contribution in [0.2, 0.25) is 0 Å². The Morgan fingerprint density at radius 3 is 2.24 bits per heavy atom. The smallest absolute Gasteiger partial charge is 0.473 e. The molecule has 1 amide bonds. The molecular weight excluding hydrogens is 293 g/mol. The SMILES string of the molecule is COc1ccc(/C=N/NC(=O)C(F)(F)F)c(OC)c1OC. The maximum atomic E-state index is 12.0. The first-order chi connectivity index (χ1) is 9.85. The molecule has 0 atom stereocenters. The van der Waals surface area contributed by atoms with Crippen LogP contribution in [0.5, 0.6) is 17.2 Å². The minimum atomic E-state index is -5.00. The van der Waals surface area contributed by atoms with Gasteiger partial charge in [-0.1, -0.05) is 0 Å². The van der Waals surface area contributed by atoms with Gasteiger partial charge in [-0.25, -0.2) is 5.43 Å². The number of hydrazone groups is 1. The number of carbonyl (C=O) groups is 1. The number of alkyl halides is 3. The zero-order valence-electron chi connectivity index (χ0n) is 11.4. The number of nitrogens with zero attached hydrogens (tertiary/aromatic N) is 1. The Kier molecular flexibility index (Phi) is 5.39. The van der Waals surface area contributed by atoms with Gasteiger partial charge in [-0.3, -0.25) is 4.79 Å². The molecule has 0 aliphatic rings. The van der Waals surface area contributed by atoms with Crippen molar-refractivity contribution in [3.05, 3.63) is 17.7 Å². The zero-order chi connectivity index (χ0) is 16.0. The van der Waals surface area contributed by atoms with Gasteiger partial charge in [-0.05, 0) is 12.1 Å². The van der Waals surface area contributed by atoms with E-state index in [2.05, 4.69) is 5.10 Å². The van der Waals surface area contributed by atoms with E-state index in [1.165, 1.54) is 38.9 Å². The summed E-state index contributed by atoms with van der Waals surface area (Å²) in [5.74, 6) is -1.32. The summed E-state index contributed by atoms with van der Waals surface area (Å²) in [6, 6.07) is 3.01. The third-order valence-electron chi connectivity index (χ3n) is 2.36. The lowest BCUT2D eigenvalue weighted by Crippen LogP contribution is -2.33. The van der Waals surface area contributed by atoms with Crippen molar-refractivity contribution in [2.45, 2.75) is 6.18 Å². The van der Waals surface area contributed by atoms with Gasteiger partial charge in [-0.2, -0.15) is 18.3 Å². The van der Waals surface area contributed by atoms with Crippen molar-refractivity contribution >= 4 is 12.1 Å². The van der Waals surface area contributed by atoms with E-state index in [1.807, 2.05) is 0 Å². The first-order valence-electron chi connectivity index (χ1n) is 5.54. The van der Waals surface area contributed by atoms with Crippen molar-refractivity contribution in [1.82, 2.24) is 5.43 Å². The van der Waals surface area contributed by atoms with Crippen molar-refractivity contribution in [3.63, 3.8) is 0 Å². The zero-order valence-corrected chi connectivity index (χ0v) is 11.4. The molecule has 1 N–H and O–H groups in total. The van der Waals surface area contributed by atoms with Crippen LogP contribution in [0.15, 0.2) is 17.2 Å². The Morgan fingerprint density at radius 1 is 1.14 bits per heavy atom. The lowest BCUT2D eigenvalue weighted by molar-refractivity contribution is -0.173. The van der Waals surface area contributed by atoms with Gasteiger partial charge in [-0.15, -0.1) is 0 Å². The molecule has 0 saturated heterocycles. The Labute approximate surface area is 118 Å². The monoisotopic (exact) mass is 306 g/mol. The molecule has 0 spiro atoms. The van der Waals surface area contributed by atoms with Crippen LogP contribution >= 0.6 is 0 Å². The van der Waals surface area contributed by atoms with E-state index in [4.69, 9.17) is 14.2 Å². The number of hydrogen-bond acceptors (Lipinski definition) is 5. The topological polar surface area (TPSA) is 69.2 Å². The minimum absolute atomic E-state index is 0.210. The van der Waals surface area contributed by atoms with Crippen LogP contribution in [-0.4, -0.2) is 39.6 Å². The van der Waals surface area contributed by atoms with E-state index in [0.717, 1.165) is 6.21 Å². The van der Waals surface area contributed by atoms with E-state index in [-0.39, 0.29) is 11.5 Å². The Hall–Kier alpha value is -2.45. The predicted octanol–water partition coefficient (Wildman–Crippen LogP) is 1.72. The summed E-state index contributed by atoms with van der Waals surface area (Å²) in [5, 5.41) is 3.23. The number of benzene rings is 1. The van der Waals surface area contributed by atoms with E-state index < -0.39 is 12.1 Å². The van der Waals surface area contributed by atoms with Gasteiger partial charge >= 0.3 is 12.1 Å². The molecular formula is C12H13F3N2O4. The van der Waals surface area contributed by atoms with Crippen molar-refractivity contribution < 1.29 is 32.2 Å². The van der Waals surface area contributed by atoms with Gasteiger partial charge in [0.2, 0.25) is 5.75 Å². The number of nitrogens with one attached hydrogen (secondary N) is 1. The molecule has 1 aromatic carbocycles. The average Bonchev–Trinajstić information content (AvgIpc) is 2.45. The molecule has 0 heterocycles. The second kappa shape index (κ2) is 6.82. The highest BCUT2D eigenvalue weighted by molar-refractivity contribution is 5.88. The number of carbonyl (C=O) groups excluding carboxylic acids is 1. The number of rotatable bonds is 5. The van der Waals surface area contributed by atoms with Crippen LogP contribution in [-0.2, 0) is 4.79 Å². The van der Waals surface area contributed by atoms with E-state index >= 15 is 0 Å². The average molecular weight is 306 g/mol. The van der Waals surface area contributed by atoms with Gasteiger partial charge < -0.3 is 14.2 Å². The van der Waals surface area contributed by atoms with E-state index in [0.29, 0.717) is 11.3 Å². The van der Waals surface area contributed by atoms with Gasteiger partial charge in [0, 0.05) is 5.56 Å². The van der Waals surface area contributed by atoms with Gasteiger partial charge in [0.1, 0.15) is 0 Å². The molecule has 1 aromatic rings. The largest absolute Gasteiger partial charge is 0.493 e. The number of halogens is 3. The van der Waals surface area contributed by atoms with E-state index in [1.54, 1.807) is 0 Å². The molecule has 116 valence electrons. The summed E-state index contributed by atoms with van der Waals surface area (Å²) in [4.78, 5) is 10.6. The van der Waals surface area contributed by atoms with Crippen LogP contribution in [0.1, 0.15) is 5.56 Å². The summed E-state index contributed by atoms with van der Waals surface area (Å²) >= 11 is 0. The predicted molar refractivity (Wildman–Crippen MR) is 67.9 cm³/mol. The summed E-state index contributed by atoms with van der Waals surface area (Å²) in [5.41, 5.74) is 1.67. The number of hydrogen-bond donors (Lipinski definition) is 1. The molecule has 0 aliphatic carbocycles. The lowest BCUT2D eigenvalue weighted by atomic mass is 10.2. The molecule has 0 fully saturated rings. The van der Waals surface area contributed by atoms with Crippen LogP contribution in [0.25, 0.3) is 0 Å². The van der Waals surface area contributed by atoms with Crippen molar-refractivity contribution in [1.29, 1.82) is 0 Å². The fourth-order valence-electron chi connectivity index (χ4n) is 1.45. The third kappa shape index (κ3) is 4.01.